The molecule has 0 saturated carbocycles. The monoisotopic (exact) mass is 880 g/mol. The Morgan fingerprint density at radius 3 is 1.33 bits per heavy atom. The zero-order chi connectivity index (χ0) is 45.7. The van der Waals surface area contributed by atoms with Crippen LogP contribution in [-0.2, 0) is 0 Å². The molecule has 0 radical (unpaired) electrons. The third-order valence-corrected chi connectivity index (χ3v) is 13.6. The average Bonchev–Trinajstić information content (AvgIpc) is 3.97. The van der Waals surface area contributed by atoms with Crippen LogP contribution in [0.2, 0.25) is 0 Å². The summed E-state index contributed by atoms with van der Waals surface area (Å²) in [5.41, 5.74) is 20.2. The normalized spacial score (nSPS) is 11.5. The summed E-state index contributed by atoms with van der Waals surface area (Å²) in [5.74, 6) is 0. The van der Waals surface area contributed by atoms with E-state index < -0.39 is 0 Å². The van der Waals surface area contributed by atoms with E-state index in [2.05, 4.69) is 264 Å². The third-order valence-electron chi connectivity index (χ3n) is 13.6. The van der Waals surface area contributed by atoms with Gasteiger partial charge in [0.15, 0.2) is 0 Å². The SMILES string of the molecule is c1ccc(-c2ccc(-c3ccc(N(c4ccc(-c5cccc(-c6ccc(-n7c8ccccc8c8ccccc87)cc6)c5)cc4)c4ccccc4-c4ccc5c(c4)oc4ccccc45)cc3)cc2)cc1. The average molecular weight is 881 g/mol. The summed E-state index contributed by atoms with van der Waals surface area (Å²) >= 11 is 0. The van der Waals surface area contributed by atoms with Crippen molar-refractivity contribution in [2.24, 2.45) is 0 Å². The zero-order valence-corrected chi connectivity index (χ0v) is 37.7. The zero-order valence-electron chi connectivity index (χ0n) is 37.7. The molecule has 0 fully saturated rings. The molecule has 13 aromatic rings. The lowest BCUT2D eigenvalue weighted by Gasteiger charge is -2.28. The molecule has 0 atom stereocenters. The van der Waals surface area contributed by atoms with Gasteiger partial charge in [-0.2, -0.15) is 0 Å². The van der Waals surface area contributed by atoms with Crippen molar-refractivity contribution >= 4 is 60.8 Å². The highest BCUT2D eigenvalue weighted by molar-refractivity contribution is 6.09. The largest absolute Gasteiger partial charge is 0.456 e. The van der Waals surface area contributed by atoms with Crippen molar-refractivity contribution in [3.63, 3.8) is 0 Å². The maximum atomic E-state index is 6.40. The number of aromatic nitrogens is 1. The van der Waals surface area contributed by atoms with Gasteiger partial charge in [0, 0.05) is 44.2 Å². The minimum atomic E-state index is 0.878. The maximum absolute atomic E-state index is 6.40. The van der Waals surface area contributed by atoms with Gasteiger partial charge in [0.1, 0.15) is 11.2 Å². The Bertz CT molecular complexity index is 3920. The van der Waals surface area contributed by atoms with Crippen LogP contribution in [0.1, 0.15) is 0 Å². The highest BCUT2D eigenvalue weighted by atomic mass is 16.3. The van der Waals surface area contributed by atoms with Crippen molar-refractivity contribution in [2.45, 2.75) is 0 Å². The molecule has 0 saturated heterocycles. The van der Waals surface area contributed by atoms with Crippen LogP contribution in [0.3, 0.4) is 0 Å². The van der Waals surface area contributed by atoms with Crippen LogP contribution in [-0.4, -0.2) is 4.57 Å². The van der Waals surface area contributed by atoms with Gasteiger partial charge in [-0.1, -0.05) is 188 Å². The van der Waals surface area contributed by atoms with E-state index in [1.807, 2.05) is 12.1 Å². The molecule has 3 heteroatoms. The first-order valence-electron chi connectivity index (χ1n) is 23.6. The maximum Gasteiger partial charge on any atom is 0.136 e. The van der Waals surface area contributed by atoms with E-state index in [0.29, 0.717) is 0 Å². The van der Waals surface area contributed by atoms with Crippen LogP contribution in [0.4, 0.5) is 17.1 Å². The van der Waals surface area contributed by atoms with Crippen molar-refractivity contribution in [1.29, 1.82) is 0 Å². The number of hydrogen-bond acceptors (Lipinski definition) is 2. The van der Waals surface area contributed by atoms with Crippen LogP contribution in [0, 0.1) is 0 Å². The van der Waals surface area contributed by atoms with Gasteiger partial charge in [0.25, 0.3) is 0 Å². The molecule has 69 heavy (non-hydrogen) atoms. The van der Waals surface area contributed by atoms with Gasteiger partial charge in [-0.25, -0.2) is 0 Å². The fourth-order valence-corrected chi connectivity index (χ4v) is 10.2. The second-order valence-electron chi connectivity index (χ2n) is 17.7. The Kier molecular flexibility index (Phi) is 9.84. The molecular formula is C66H44N2O. The Morgan fingerprint density at radius 1 is 0.275 bits per heavy atom. The van der Waals surface area contributed by atoms with Crippen LogP contribution in [0.5, 0.6) is 0 Å². The molecule has 0 aliphatic carbocycles. The summed E-state index contributed by atoms with van der Waals surface area (Å²) < 4.78 is 8.77. The first kappa shape index (κ1) is 40.1. The molecule has 0 aliphatic heterocycles. The minimum absolute atomic E-state index is 0.878. The Morgan fingerprint density at radius 2 is 0.710 bits per heavy atom. The lowest BCUT2D eigenvalue weighted by atomic mass is 9.97. The number of fused-ring (bicyclic) bond motifs is 6. The van der Waals surface area contributed by atoms with Crippen LogP contribution in [0.15, 0.2) is 271 Å². The lowest BCUT2D eigenvalue weighted by molar-refractivity contribution is 0.669. The summed E-state index contributed by atoms with van der Waals surface area (Å²) in [4.78, 5) is 2.37. The van der Waals surface area contributed by atoms with E-state index >= 15 is 0 Å². The molecule has 0 N–H and O–H groups in total. The number of benzene rings is 11. The fourth-order valence-electron chi connectivity index (χ4n) is 10.2. The summed E-state index contributed by atoms with van der Waals surface area (Å²) in [7, 11) is 0. The molecule has 0 aliphatic rings. The van der Waals surface area contributed by atoms with Gasteiger partial charge in [-0.05, 0) is 129 Å². The molecule has 0 unspecified atom stereocenters. The summed E-state index contributed by atoms with van der Waals surface area (Å²) in [6.07, 6.45) is 0. The van der Waals surface area contributed by atoms with E-state index in [0.717, 1.165) is 61.4 Å². The van der Waals surface area contributed by atoms with Crippen molar-refractivity contribution in [2.75, 3.05) is 4.90 Å². The van der Waals surface area contributed by atoms with E-state index in [-0.39, 0.29) is 0 Å². The molecule has 13 rings (SSSR count). The number of anilines is 3. The second kappa shape index (κ2) is 16.9. The molecule has 0 amide bonds. The quantitative estimate of drug-likeness (QED) is 0.144. The van der Waals surface area contributed by atoms with E-state index in [9.17, 15) is 0 Å². The number of furan rings is 1. The predicted octanol–water partition coefficient (Wildman–Crippen LogP) is 18.5. The number of hydrogen-bond donors (Lipinski definition) is 0. The standard InChI is InChI=1S/C66H44N2O/c1-2-13-45(14-3-1)46-25-27-47(28-26-46)48-29-36-54(37-30-48)67(62-21-8-4-17-57(62)53-35-42-61-60-20-7-11-24-65(60)69-66(61)44-53)55-38-31-49(32-39-55)51-15-12-16-52(43-51)50-33-40-56(41-34-50)68-63-22-9-5-18-58(63)59-19-6-10-23-64(59)68/h1-44H. The van der Waals surface area contributed by atoms with Crippen LogP contribution in [0.25, 0.3) is 105 Å². The highest BCUT2D eigenvalue weighted by Crippen LogP contribution is 2.43. The summed E-state index contributed by atoms with van der Waals surface area (Å²) in [5, 5.41) is 4.78. The Labute approximate surface area is 401 Å². The van der Waals surface area contributed by atoms with Crippen molar-refractivity contribution in [1.82, 2.24) is 4.57 Å². The van der Waals surface area contributed by atoms with E-state index in [1.54, 1.807) is 0 Å². The van der Waals surface area contributed by atoms with Gasteiger partial charge >= 0.3 is 0 Å². The van der Waals surface area contributed by atoms with Crippen molar-refractivity contribution < 1.29 is 4.42 Å². The lowest BCUT2D eigenvalue weighted by Crippen LogP contribution is -2.11. The molecule has 11 aromatic carbocycles. The minimum Gasteiger partial charge on any atom is -0.456 e. The predicted molar refractivity (Wildman–Crippen MR) is 290 cm³/mol. The highest BCUT2D eigenvalue weighted by Gasteiger charge is 2.19. The van der Waals surface area contributed by atoms with Gasteiger partial charge in [-0.15, -0.1) is 0 Å². The van der Waals surface area contributed by atoms with Gasteiger partial charge in [-0.3, -0.25) is 0 Å². The smallest absolute Gasteiger partial charge is 0.136 e. The molecule has 324 valence electrons. The number of nitrogens with zero attached hydrogens (tertiary/aromatic N) is 2. The van der Waals surface area contributed by atoms with Crippen LogP contribution >= 0.6 is 0 Å². The molecule has 2 aromatic heterocycles. The van der Waals surface area contributed by atoms with Crippen molar-refractivity contribution in [3.8, 4) is 61.3 Å². The second-order valence-corrected chi connectivity index (χ2v) is 17.7. The molecule has 0 bridgehead atoms. The Balaban J connectivity index is 0.849. The van der Waals surface area contributed by atoms with Crippen LogP contribution < -0.4 is 4.90 Å². The number of rotatable bonds is 9. The number of para-hydroxylation sites is 4. The molecular weight excluding hydrogens is 837 g/mol. The summed E-state index contributed by atoms with van der Waals surface area (Å²) in [6, 6.07) is 96.0. The fraction of sp³-hybridized carbons (Fsp3) is 0. The molecule has 0 spiro atoms. The summed E-state index contributed by atoms with van der Waals surface area (Å²) in [6.45, 7) is 0. The third kappa shape index (κ3) is 7.25. The molecule has 3 nitrogen and oxygen atoms in total. The van der Waals surface area contributed by atoms with Gasteiger partial charge in [0.05, 0.1) is 16.7 Å². The van der Waals surface area contributed by atoms with E-state index in [4.69, 9.17) is 4.42 Å². The van der Waals surface area contributed by atoms with Gasteiger partial charge < -0.3 is 13.9 Å². The first-order chi connectivity index (χ1) is 34.2. The molecule has 2 heterocycles. The van der Waals surface area contributed by atoms with E-state index in [1.165, 1.54) is 60.8 Å². The van der Waals surface area contributed by atoms with Crippen molar-refractivity contribution in [3.05, 3.63) is 267 Å². The Hall–Kier alpha value is -9.18. The first-order valence-corrected chi connectivity index (χ1v) is 23.6. The van der Waals surface area contributed by atoms with Gasteiger partial charge in [0.2, 0.25) is 0 Å². The topological polar surface area (TPSA) is 21.3 Å².